The third-order valence-electron chi connectivity index (χ3n) is 2.05. The molecule has 1 rings (SSSR count). The number of benzene rings is 1. The molecular formula is C11H12F2O3. The number of ether oxygens (including phenoxy) is 2. The molecule has 0 aliphatic rings. The molecule has 0 radical (unpaired) electrons. The van der Waals surface area contributed by atoms with Gasteiger partial charge in [0.2, 0.25) is 0 Å². The van der Waals surface area contributed by atoms with Crippen LogP contribution in [0, 0.1) is 6.92 Å². The Morgan fingerprint density at radius 3 is 2.69 bits per heavy atom. The lowest BCUT2D eigenvalue weighted by Crippen LogP contribution is -2.10. The van der Waals surface area contributed by atoms with Gasteiger partial charge >= 0.3 is 5.97 Å². The molecule has 0 saturated heterocycles. The van der Waals surface area contributed by atoms with Crippen molar-refractivity contribution in [2.45, 2.75) is 13.3 Å². The number of carbonyl (C=O) groups is 1. The van der Waals surface area contributed by atoms with Gasteiger partial charge in [-0.15, -0.1) is 0 Å². The highest BCUT2D eigenvalue weighted by atomic mass is 19.3. The molecule has 3 nitrogen and oxygen atoms in total. The number of methoxy groups -OCH3 is 1. The van der Waals surface area contributed by atoms with Crippen molar-refractivity contribution in [2.75, 3.05) is 13.7 Å². The van der Waals surface area contributed by atoms with Crippen molar-refractivity contribution < 1.29 is 23.0 Å². The van der Waals surface area contributed by atoms with Gasteiger partial charge in [0.15, 0.2) is 0 Å². The van der Waals surface area contributed by atoms with Crippen LogP contribution in [0.4, 0.5) is 8.78 Å². The standard InChI is InChI=1S/C11H12F2O3/c1-7-8(11(14)15-2)4-3-5-9(7)16-6-10(12)13/h3-5,10H,6H2,1-2H3. The molecule has 0 saturated carbocycles. The molecule has 88 valence electrons. The Hall–Kier alpha value is -1.65. The quantitative estimate of drug-likeness (QED) is 0.745. The first-order valence-corrected chi connectivity index (χ1v) is 4.65. The van der Waals surface area contributed by atoms with E-state index in [0.29, 0.717) is 11.1 Å². The summed E-state index contributed by atoms with van der Waals surface area (Å²) in [6, 6.07) is 4.64. The van der Waals surface area contributed by atoms with Crippen LogP contribution in [-0.4, -0.2) is 26.1 Å². The number of alkyl halides is 2. The lowest BCUT2D eigenvalue weighted by atomic mass is 10.1. The molecule has 0 N–H and O–H groups in total. The van der Waals surface area contributed by atoms with Crippen molar-refractivity contribution in [3.8, 4) is 5.75 Å². The molecule has 0 bridgehead atoms. The van der Waals surface area contributed by atoms with E-state index in [4.69, 9.17) is 4.74 Å². The lowest BCUT2D eigenvalue weighted by molar-refractivity contribution is 0.0598. The van der Waals surface area contributed by atoms with Crippen molar-refractivity contribution in [1.29, 1.82) is 0 Å². The Morgan fingerprint density at radius 2 is 2.12 bits per heavy atom. The predicted molar refractivity (Wildman–Crippen MR) is 54.0 cm³/mol. The van der Waals surface area contributed by atoms with Gasteiger partial charge in [0, 0.05) is 5.56 Å². The minimum Gasteiger partial charge on any atom is -0.487 e. The summed E-state index contributed by atoms with van der Waals surface area (Å²) in [6.45, 7) is 0.929. The molecule has 0 unspecified atom stereocenters. The lowest BCUT2D eigenvalue weighted by Gasteiger charge is -2.11. The van der Waals surface area contributed by atoms with E-state index in [2.05, 4.69) is 4.74 Å². The van der Waals surface area contributed by atoms with Crippen molar-refractivity contribution in [1.82, 2.24) is 0 Å². The number of carbonyl (C=O) groups excluding carboxylic acids is 1. The smallest absolute Gasteiger partial charge is 0.338 e. The Bertz CT molecular complexity index is 377. The van der Waals surface area contributed by atoms with Gasteiger partial charge in [-0.25, -0.2) is 13.6 Å². The zero-order valence-corrected chi connectivity index (χ0v) is 9.00. The largest absolute Gasteiger partial charge is 0.487 e. The zero-order valence-electron chi connectivity index (χ0n) is 9.00. The summed E-state index contributed by atoms with van der Waals surface area (Å²) < 4.78 is 33.4. The van der Waals surface area contributed by atoms with Gasteiger partial charge in [-0.2, -0.15) is 0 Å². The first kappa shape index (κ1) is 12.4. The van der Waals surface area contributed by atoms with Crippen LogP contribution < -0.4 is 4.74 Å². The first-order valence-electron chi connectivity index (χ1n) is 4.65. The molecule has 0 fully saturated rings. The third kappa shape index (κ3) is 2.92. The summed E-state index contributed by atoms with van der Waals surface area (Å²) in [5, 5.41) is 0. The van der Waals surface area contributed by atoms with E-state index < -0.39 is 19.0 Å². The maximum atomic E-state index is 12.0. The van der Waals surface area contributed by atoms with Crippen molar-refractivity contribution in [3.05, 3.63) is 29.3 Å². The highest BCUT2D eigenvalue weighted by Gasteiger charge is 2.13. The average molecular weight is 230 g/mol. The van der Waals surface area contributed by atoms with Crippen LogP contribution in [0.15, 0.2) is 18.2 Å². The monoisotopic (exact) mass is 230 g/mol. The third-order valence-corrected chi connectivity index (χ3v) is 2.05. The average Bonchev–Trinajstić information content (AvgIpc) is 2.26. The van der Waals surface area contributed by atoms with Gasteiger partial charge in [-0.1, -0.05) is 6.07 Å². The number of halogens is 2. The van der Waals surface area contributed by atoms with Crippen LogP contribution in [0.2, 0.25) is 0 Å². The van der Waals surface area contributed by atoms with Crippen molar-refractivity contribution in [3.63, 3.8) is 0 Å². The fourth-order valence-corrected chi connectivity index (χ4v) is 1.25. The normalized spacial score (nSPS) is 10.3. The van der Waals surface area contributed by atoms with Crippen LogP contribution in [0.25, 0.3) is 0 Å². The molecule has 0 aliphatic carbocycles. The second-order valence-electron chi connectivity index (χ2n) is 3.12. The number of hydrogen-bond donors (Lipinski definition) is 0. The summed E-state index contributed by atoms with van der Waals surface area (Å²) in [7, 11) is 1.26. The van der Waals surface area contributed by atoms with E-state index in [1.807, 2.05) is 0 Å². The fourth-order valence-electron chi connectivity index (χ4n) is 1.25. The van der Waals surface area contributed by atoms with Gasteiger partial charge in [-0.3, -0.25) is 0 Å². The van der Waals surface area contributed by atoms with E-state index in [1.54, 1.807) is 19.1 Å². The number of hydrogen-bond acceptors (Lipinski definition) is 3. The van der Waals surface area contributed by atoms with E-state index in [1.165, 1.54) is 13.2 Å². The van der Waals surface area contributed by atoms with Crippen LogP contribution >= 0.6 is 0 Å². The minimum absolute atomic E-state index is 0.267. The maximum absolute atomic E-state index is 12.0. The molecule has 0 amide bonds. The molecule has 0 heterocycles. The summed E-state index contributed by atoms with van der Waals surface area (Å²) >= 11 is 0. The summed E-state index contributed by atoms with van der Waals surface area (Å²) in [5.74, 6) is -0.247. The molecular weight excluding hydrogens is 218 g/mol. The second kappa shape index (κ2) is 5.44. The van der Waals surface area contributed by atoms with E-state index in [9.17, 15) is 13.6 Å². The predicted octanol–water partition coefficient (Wildman–Crippen LogP) is 2.43. The van der Waals surface area contributed by atoms with Crippen LogP contribution in [0.5, 0.6) is 5.75 Å². The number of esters is 1. The SMILES string of the molecule is COC(=O)c1cccc(OCC(F)F)c1C. The second-order valence-corrected chi connectivity index (χ2v) is 3.12. The van der Waals surface area contributed by atoms with E-state index in [-0.39, 0.29) is 5.75 Å². The molecule has 0 aliphatic heterocycles. The maximum Gasteiger partial charge on any atom is 0.338 e. The van der Waals surface area contributed by atoms with Crippen LogP contribution in [0.1, 0.15) is 15.9 Å². The molecule has 0 aromatic heterocycles. The molecule has 16 heavy (non-hydrogen) atoms. The topological polar surface area (TPSA) is 35.5 Å². The Balaban J connectivity index is 2.90. The van der Waals surface area contributed by atoms with Gasteiger partial charge in [0.1, 0.15) is 12.4 Å². The summed E-state index contributed by atoms with van der Waals surface area (Å²) in [4.78, 5) is 11.3. The van der Waals surface area contributed by atoms with Crippen molar-refractivity contribution >= 4 is 5.97 Å². The van der Waals surface area contributed by atoms with Crippen LogP contribution in [0.3, 0.4) is 0 Å². The zero-order chi connectivity index (χ0) is 12.1. The molecule has 1 aromatic carbocycles. The highest BCUT2D eigenvalue weighted by Crippen LogP contribution is 2.22. The fraction of sp³-hybridized carbons (Fsp3) is 0.364. The number of rotatable bonds is 4. The summed E-state index contributed by atoms with van der Waals surface area (Å²) in [5.41, 5.74) is 0.810. The van der Waals surface area contributed by atoms with Gasteiger partial charge in [0.25, 0.3) is 6.43 Å². The first-order chi connectivity index (χ1) is 7.56. The van der Waals surface area contributed by atoms with Crippen molar-refractivity contribution in [2.24, 2.45) is 0 Å². The van der Waals surface area contributed by atoms with E-state index in [0.717, 1.165) is 0 Å². The van der Waals surface area contributed by atoms with Gasteiger partial charge in [0.05, 0.1) is 12.7 Å². The highest BCUT2D eigenvalue weighted by molar-refractivity contribution is 5.91. The minimum atomic E-state index is -2.54. The Kier molecular flexibility index (Phi) is 4.22. The molecule has 0 atom stereocenters. The molecule has 1 aromatic rings. The van der Waals surface area contributed by atoms with Gasteiger partial charge < -0.3 is 9.47 Å². The molecule has 5 heteroatoms. The van der Waals surface area contributed by atoms with Crippen LogP contribution in [-0.2, 0) is 4.74 Å². The summed E-state index contributed by atoms with van der Waals surface area (Å²) in [6.07, 6.45) is -2.54. The Labute approximate surface area is 92.0 Å². The van der Waals surface area contributed by atoms with Gasteiger partial charge in [-0.05, 0) is 19.1 Å². The Morgan fingerprint density at radius 1 is 1.44 bits per heavy atom. The molecule has 0 spiro atoms. The van der Waals surface area contributed by atoms with E-state index >= 15 is 0 Å².